The van der Waals surface area contributed by atoms with Crippen molar-refractivity contribution in [1.29, 1.82) is 0 Å². The fraction of sp³-hybridized carbons (Fsp3) is 0. The van der Waals surface area contributed by atoms with Crippen LogP contribution in [0.3, 0.4) is 0 Å². The molecule has 0 saturated carbocycles. The Morgan fingerprint density at radius 1 is 1.27 bits per heavy atom. The first-order valence-corrected chi connectivity index (χ1v) is 5.84. The molecule has 0 spiro atoms. The third-order valence-corrected chi connectivity index (χ3v) is 2.90. The summed E-state index contributed by atoms with van der Waals surface area (Å²) in [5.41, 5.74) is 1.29. The zero-order valence-electron chi connectivity index (χ0n) is 7.53. The van der Waals surface area contributed by atoms with E-state index >= 15 is 0 Å². The van der Waals surface area contributed by atoms with Crippen molar-refractivity contribution in [3.63, 3.8) is 0 Å². The van der Waals surface area contributed by atoms with Crippen molar-refractivity contribution in [3.05, 3.63) is 45.3 Å². The minimum atomic E-state index is -0.138. The SMILES string of the molecule is O=c1[nH]c([Se])ncc1-c1ccc(Br)cc1. The standard InChI is InChI=1S/C10H6BrN2OSe/c11-7-3-1-6(2-4-7)8-5-12-10(15)13-9(8)14/h1-5H,(H,12,13,14). The number of aromatic nitrogens is 2. The number of nitrogens with one attached hydrogen (secondary N) is 1. The van der Waals surface area contributed by atoms with Crippen LogP contribution in [0.2, 0.25) is 0 Å². The van der Waals surface area contributed by atoms with E-state index < -0.39 is 0 Å². The molecule has 5 heteroatoms. The molecule has 0 aliphatic carbocycles. The van der Waals surface area contributed by atoms with E-state index in [1.807, 2.05) is 24.3 Å². The van der Waals surface area contributed by atoms with E-state index in [9.17, 15) is 4.79 Å². The maximum absolute atomic E-state index is 11.6. The third-order valence-electron chi connectivity index (χ3n) is 1.93. The average molecular weight is 329 g/mol. The predicted octanol–water partition coefficient (Wildman–Crippen LogP) is 0.993. The molecule has 0 fully saturated rings. The number of hydrogen-bond donors (Lipinski definition) is 1. The number of nitrogens with zero attached hydrogens (tertiary/aromatic N) is 1. The van der Waals surface area contributed by atoms with Crippen LogP contribution >= 0.6 is 15.9 Å². The molecule has 75 valence electrons. The molecular weight excluding hydrogens is 323 g/mol. The van der Waals surface area contributed by atoms with E-state index in [4.69, 9.17) is 0 Å². The molecule has 1 aromatic heterocycles. The fourth-order valence-electron chi connectivity index (χ4n) is 1.21. The van der Waals surface area contributed by atoms with Crippen molar-refractivity contribution >= 4 is 36.7 Å². The third kappa shape index (κ3) is 2.37. The molecule has 0 bridgehead atoms. The van der Waals surface area contributed by atoms with E-state index in [1.54, 1.807) is 6.20 Å². The summed E-state index contributed by atoms with van der Waals surface area (Å²) in [6.07, 6.45) is 1.56. The molecule has 1 aromatic carbocycles. The van der Waals surface area contributed by atoms with Crippen LogP contribution in [0.5, 0.6) is 0 Å². The van der Waals surface area contributed by atoms with Crippen LogP contribution in [0.15, 0.2) is 39.7 Å². The minimum absolute atomic E-state index is 0.138. The fourth-order valence-corrected chi connectivity index (χ4v) is 1.78. The van der Waals surface area contributed by atoms with Gasteiger partial charge in [0.2, 0.25) is 0 Å². The Labute approximate surface area is 103 Å². The number of rotatable bonds is 1. The van der Waals surface area contributed by atoms with E-state index in [-0.39, 0.29) is 5.56 Å². The van der Waals surface area contributed by atoms with E-state index in [0.29, 0.717) is 10.3 Å². The van der Waals surface area contributed by atoms with Gasteiger partial charge < -0.3 is 0 Å². The summed E-state index contributed by atoms with van der Waals surface area (Å²) in [5, 5.41) is 0. The van der Waals surface area contributed by atoms with Crippen molar-refractivity contribution in [2.24, 2.45) is 0 Å². The Kier molecular flexibility index (Phi) is 3.05. The summed E-state index contributed by atoms with van der Waals surface area (Å²) >= 11 is 6.00. The van der Waals surface area contributed by atoms with Crippen LogP contribution in [0.1, 0.15) is 0 Å². The molecule has 1 N–H and O–H groups in total. The Morgan fingerprint density at radius 3 is 2.53 bits per heavy atom. The van der Waals surface area contributed by atoms with Gasteiger partial charge in [-0.2, -0.15) is 0 Å². The van der Waals surface area contributed by atoms with Crippen molar-refractivity contribution in [3.8, 4) is 11.1 Å². The van der Waals surface area contributed by atoms with Crippen LogP contribution in [-0.4, -0.2) is 26.0 Å². The van der Waals surface area contributed by atoms with Crippen molar-refractivity contribution < 1.29 is 0 Å². The number of aromatic amines is 1. The van der Waals surface area contributed by atoms with Gasteiger partial charge in [0.1, 0.15) is 0 Å². The molecule has 0 saturated heterocycles. The van der Waals surface area contributed by atoms with Crippen LogP contribution in [0, 0.1) is 0 Å². The Balaban J connectivity index is 2.55. The van der Waals surface area contributed by atoms with Gasteiger partial charge in [-0.05, 0) is 0 Å². The first kappa shape index (κ1) is 10.6. The predicted molar refractivity (Wildman–Crippen MR) is 63.4 cm³/mol. The van der Waals surface area contributed by atoms with Crippen molar-refractivity contribution in [2.75, 3.05) is 0 Å². The van der Waals surface area contributed by atoms with E-state index in [1.165, 1.54) is 0 Å². The van der Waals surface area contributed by atoms with Gasteiger partial charge in [-0.3, -0.25) is 0 Å². The zero-order chi connectivity index (χ0) is 10.8. The van der Waals surface area contributed by atoms with E-state index in [0.717, 1.165) is 10.0 Å². The van der Waals surface area contributed by atoms with Gasteiger partial charge in [-0.25, -0.2) is 0 Å². The van der Waals surface area contributed by atoms with E-state index in [2.05, 4.69) is 41.9 Å². The molecule has 0 aliphatic heterocycles. The number of H-pyrrole nitrogens is 1. The first-order valence-electron chi connectivity index (χ1n) is 4.19. The Hall–Kier alpha value is -0.901. The topological polar surface area (TPSA) is 45.8 Å². The van der Waals surface area contributed by atoms with Crippen molar-refractivity contribution in [2.45, 2.75) is 0 Å². The van der Waals surface area contributed by atoms with Crippen LogP contribution in [0.4, 0.5) is 0 Å². The molecule has 15 heavy (non-hydrogen) atoms. The number of benzene rings is 1. The summed E-state index contributed by atoms with van der Waals surface area (Å²) in [6.45, 7) is 0. The molecule has 3 nitrogen and oxygen atoms in total. The molecule has 1 heterocycles. The van der Waals surface area contributed by atoms with Gasteiger partial charge in [0, 0.05) is 0 Å². The summed E-state index contributed by atoms with van der Waals surface area (Å²) in [5.74, 6) is 0. The number of hydrogen-bond acceptors (Lipinski definition) is 2. The zero-order valence-corrected chi connectivity index (χ0v) is 10.8. The second-order valence-corrected chi connectivity index (χ2v) is 4.67. The van der Waals surface area contributed by atoms with Gasteiger partial charge in [0.15, 0.2) is 0 Å². The normalized spacial score (nSPS) is 10.2. The average Bonchev–Trinajstić information content (AvgIpc) is 2.20. The van der Waals surface area contributed by atoms with Crippen LogP contribution in [-0.2, 0) is 0 Å². The molecule has 2 rings (SSSR count). The van der Waals surface area contributed by atoms with Gasteiger partial charge in [0.25, 0.3) is 0 Å². The summed E-state index contributed by atoms with van der Waals surface area (Å²) in [4.78, 5) is 18.2. The molecule has 0 unspecified atom stereocenters. The van der Waals surface area contributed by atoms with Gasteiger partial charge in [-0.1, -0.05) is 0 Å². The molecule has 0 aliphatic rings. The molecule has 0 atom stereocenters. The Bertz CT molecular complexity index is 536. The van der Waals surface area contributed by atoms with Gasteiger partial charge >= 0.3 is 103 Å². The number of halogens is 1. The quantitative estimate of drug-likeness (QED) is 0.794. The molecular formula is C10H6BrN2OSe. The molecule has 0 amide bonds. The van der Waals surface area contributed by atoms with Crippen LogP contribution in [0.25, 0.3) is 11.1 Å². The van der Waals surface area contributed by atoms with Crippen molar-refractivity contribution in [1.82, 2.24) is 9.97 Å². The second kappa shape index (κ2) is 4.31. The van der Waals surface area contributed by atoms with Gasteiger partial charge in [-0.15, -0.1) is 0 Å². The van der Waals surface area contributed by atoms with Gasteiger partial charge in [0.05, 0.1) is 0 Å². The first-order chi connectivity index (χ1) is 7.16. The summed E-state index contributed by atoms with van der Waals surface area (Å²) < 4.78 is 1.48. The second-order valence-electron chi connectivity index (χ2n) is 2.94. The molecule has 2 aromatic rings. The summed E-state index contributed by atoms with van der Waals surface area (Å²) in [6, 6.07) is 7.52. The Morgan fingerprint density at radius 2 is 1.93 bits per heavy atom. The van der Waals surface area contributed by atoms with Crippen LogP contribution < -0.4 is 10.3 Å². The maximum atomic E-state index is 11.6. The monoisotopic (exact) mass is 329 g/mol. The molecule has 1 radical (unpaired) electrons. The summed E-state index contributed by atoms with van der Waals surface area (Å²) in [7, 11) is 0.